The van der Waals surface area contributed by atoms with E-state index in [0.717, 1.165) is 26.2 Å². The van der Waals surface area contributed by atoms with Gasteiger partial charge in [-0.2, -0.15) is 0 Å². The molecule has 0 aromatic rings. The summed E-state index contributed by atoms with van der Waals surface area (Å²) in [4.78, 5) is 0. The molecular weight excluding hydrogens is 254 g/mol. The molecule has 122 valence electrons. The van der Waals surface area contributed by atoms with Crippen LogP contribution in [0.5, 0.6) is 0 Å². The second kappa shape index (κ2) is 13.8. The van der Waals surface area contributed by atoms with E-state index in [1.807, 2.05) is 0 Å². The van der Waals surface area contributed by atoms with Crippen LogP contribution >= 0.6 is 0 Å². The van der Waals surface area contributed by atoms with Crippen molar-refractivity contribution in [2.24, 2.45) is 0 Å². The molecule has 0 aliphatic heterocycles. The molecule has 0 fully saturated rings. The molecule has 0 atom stereocenters. The van der Waals surface area contributed by atoms with E-state index in [9.17, 15) is 0 Å². The fourth-order valence-electron chi connectivity index (χ4n) is 1.96. The van der Waals surface area contributed by atoms with Crippen LogP contribution in [-0.4, -0.2) is 51.7 Å². The van der Waals surface area contributed by atoms with Crippen molar-refractivity contribution in [1.82, 2.24) is 5.32 Å². The molecule has 0 aromatic carbocycles. The molecule has 20 heavy (non-hydrogen) atoms. The molecule has 0 heterocycles. The van der Waals surface area contributed by atoms with Crippen molar-refractivity contribution in [3.8, 4) is 0 Å². The summed E-state index contributed by atoms with van der Waals surface area (Å²) in [5.74, 6) is 0. The topological polar surface area (TPSA) is 39.7 Å². The minimum Gasteiger partial charge on any atom is -0.379 e. The van der Waals surface area contributed by atoms with Gasteiger partial charge in [0.15, 0.2) is 0 Å². The number of hydrogen-bond acceptors (Lipinski definition) is 4. The molecule has 4 nitrogen and oxygen atoms in total. The SMILES string of the molecule is CCCCOCCOCCOCCNC(C)(C)CCC. The summed E-state index contributed by atoms with van der Waals surface area (Å²) in [6, 6.07) is 0. The Bertz CT molecular complexity index is 198. The van der Waals surface area contributed by atoms with E-state index in [2.05, 4.69) is 33.0 Å². The minimum atomic E-state index is 0.213. The number of hydrogen-bond donors (Lipinski definition) is 1. The van der Waals surface area contributed by atoms with Gasteiger partial charge in [-0.3, -0.25) is 0 Å². The first-order chi connectivity index (χ1) is 9.62. The normalized spacial score (nSPS) is 12.0. The second-order valence-corrected chi connectivity index (χ2v) is 5.75. The van der Waals surface area contributed by atoms with Gasteiger partial charge in [0.1, 0.15) is 0 Å². The Labute approximate surface area is 125 Å². The highest BCUT2D eigenvalue weighted by atomic mass is 16.5. The third-order valence-corrected chi connectivity index (χ3v) is 3.11. The molecule has 0 aliphatic carbocycles. The van der Waals surface area contributed by atoms with Gasteiger partial charge in [0.2, 0.25) is 0 Å². The summed E-state index contributed by atoms with van der Waals surface area (Å²) in [5, 5.41) is 3.50. The highest BCUT2D eigenvalue weighted by Gasteiger charge is 2.14. The molecule has 0 rings (SSSR count). The lowest BCUT2D eigenvalue weighted by Gasteiger charge is -2.25. The number of ether oxygens (including phenoxy) is 3. The van der Waals surface area contributed by atoms with Crippen molar-refractivity contribution in [3.63, 3.8) is 0 Å². The van der Waals surface area contributed by atoms with Crippen LogP contribution in [0.4, 0.5) is 0 Å². The first kappa shape index (κ1) is 19.8. The maximum Gasteiger partial charge on any atom is 0.0701 e. The van der Waals surface area contributed by atoms with E-state index in [1.165, 1.54) is 19.3 Å². The molecule has 0 spiro atoms. The van der Waals surface area contributed by atoms with Crippen molar-refractivity contribution in [3.05, 3.63) is 0 Å². The Balaban J connectivity index is 3.13. The lowest BCUT2D eigenvalue weighted by Crippen LogP contribution is -2.41. The molecule has 0 unspecified atom stereocenters. The van der Waals surface area contributed by atoms with Crippen LogP contribution in [0.2, 0.25) is 0 Å². The summed E-state index contributed by atoms with van der Waals surface area (Å²) >= 11 is 0. The summed E-state index contributed by atoms with van der Waals surface area (Å²) in [7, 11) is 0. The highest BCUT2D eigenvalue weighted by molar-refractivity contribution is 4.75. The Morgan fingerprint density at radius 3 is 1.85 bits per heavy atom. The molecule has 4 heteroatoms. The van der Waals surface area contributed by atoms with Gasteiger partial charge in [-0.1, -0.05) is 26.7 Å². The van der Waals surface area contributed by atoms with Gasteiger partial charge in [-0.25, -0.2) is 0 Å². The molecule has 0 amide bonds. The Hall–Kier alpha value is -0.160. The van der Waals surface area contributed by atoms with Crippen LogP contribution in [0.25, 0.3) is 0 Å². The highest BCUT2D eigenvalue weighted by Crippen LogP contribution is 2.09. The largest absolute Gasteiger partial charge is 0.379 e. The van der Waals surface area contributed by atoms with Gasteiger partial charge in [0, 0.05) is 18.7 Å². The molecule has 0 radical (unpaired) electrons. The van der Waals surface area contributed by atoms with E-state index in [-0.39, 0.29) is 5.54 Å². The van der Waals surface area contributed by atoms with Crippen molar-refractivity contribution < 1.29 is 14.2 Å². The zero-order chi connectivity index (χ0) is 15.1. The summed E-state index contributed by atoms with van der Waals surface area (Å²) in [5.41, 5.74) is 0.213. The van der Waals surface area contributed by atoms with Gasteiger partial charge in [0.05, 0.1) is 33.0 Å². The molecule has 1 N–H and O–H groups in total. The zero-order valence-corrected chi connectivity index (χ0v) is 14.0. The first-order valence-corrected chi connectivity index (χ1v) is 8.10. The maximum atomic E-state index is 5.52. The van der Waals surface area contributed by atoms with Crippen LogP contribution in [0, 0.1) is 0 Å². The summed E-state index contributed by atoms with van der Waals surface area (Å²) in [6.07, 6.45) is 4.70. The second-order valence-electron chi connectivity index (χ2n) is 5.75. The third kappa shape index (κ3) is 14.3. The van der Waals surface area contributed by atoms with Gasteiger partial charge in [-0.15, -0.1) is 0 Å². The number of rotatable bonds is 15. The van der Waals surface area contributed by atoms with Crippen LogP contribution in [0.1, 0.15) is 53.4 Å². The van der Waals surface area contributed by atoms with E-state index < -0.39 is 0 Å². The summed E-state index contributed by atoms with van der Waals surface area (Å²) in [6.45, 7) is 14.0. The number of nitrogens with one attached hydrogen (secondary N) is 1. The van der Waals surface area contributed by atoms with Gasteiger partial charge < -0.3 is 19.5 Å². The zero-order valence-electron chi connectivity index (χ0n) is 14.0. The third-order valence-electron chi connectivity index (χ3n) is 3.11. The van der Waals surface area contributed by atoms with Crippen molar-refractivity contribution in [2.45, 2.75) is 58.9 Å². The average molecular weight is 289 g/mol. The standard InChI is InChI=1S/C16H35NO3/c1-5-7-10-18-12-14-20-15-13-19-11-9-17-16(3,4)8-6-2/h17H,5-15H2,1-4H3. The lowest BCUT2D eigenvalue weighted by atomic mass is 9.99. The average Bonchev–Trinajstić information content (AvgIpc) is 2.40. The van der Waals surface area contributed by atoms with Crippen molar-refractivity contribution >= 4 is 0 Å². The van der Waals surface area contributed by atoms with E-state index >= 15 is 0 Å². The predicted molar refractivity (Wildman–Crippen MR) is 84.4 cm³/mol. The quantitative estimate of drug-likeness (QED) is 0.470. The van der Waals surface area contributed by atoms with Crippen molar-refractivity contribution in [2.75, 3.05) is 46.2 Å². The minimum absolute atomic E-state index is 0.213. The lowest BCUT2D eigenvalue weighted by molar-refractivity contribution is 0.0139. The maximum absolute atomic E-state index is 5.52. The van der Waals surface area contributed by atoms with Crippen LogP contribution < -0.4 is 5.32 Å². The smallest absolute Gasteiger partial charge is 0.0701 e. The molecule has 0 bridgehead atoms. The first-order valence-electron chi connectivity index (χ1n) is 8.10. The van der Waals surface area contributed by atoms with Crippen LogP contribution in [0.15, 0.2) is 0 Å². The van der Waals surface area contributed by atoms with Crippen LogP contribution in [0.3, 0.4) is 0 Å². The van der Waals surface area contributed by atoms with Gasteiger partial charge in [0.25, 0.3) is 0 Å². The summed E-state index contributed by atoms with van der Waals surface area (Å²) < 4.78 is 16.4. The van der Waals surface area contributed by atoms with E-state index in [4.69, 9.17) is 14.2 Å². The Kier molecular flexibility index (Phi) is 13.7. The molecular formula is C16H35NO3. The Morgan fingerprint density at radius 2 is 1.30 bits per heavy atom. The molecule has 0 saturated carbocycles. The fraction of sp³-hybridized carbons (Fsp3) is 1.00. The van der Waals surface area contributed by atoms with Gasteiger partial charge >= 0.3 is 0 Å². The monoisotopic (exact) mass is 289 g/mol. The molecule has 0 aromatic heterocycles. The van der Waals surface area contributed by atoms with Crippen LogP contribution in [-0.2, 0) is 14.2 Å². The van der Waals surface area contributed by atoms with E-state index in [0.29, 0.717) is 26.4 Å². The van der Waals surface area contributed by atoms with Gasteiger partial charge in [-0.05, 0) is 26.7 Å². The van der Waals surface area contributed by atoms with E-state index in [1.54, 1.807) is 0 Å². The molecule has 0 aliphatic rings. The van der Waals surface area contributed by atoms with Crippen molar-refractivity contribution in [1.29, 1.82) is 0 Å². The Morgan fingerprint density at radius 1 is 0.750 bits per heavy atom. The number of unbranched alkanes of at least 4 members (excludes halogenated alkanes) is 1. The fourth-order valence-corrected chi connectivity index (χ4v) is 1.96. The molecule has 0 saturated heterocycles. The predicted octanol–water partition coefficient (Wildman–Crippen LogP) is 3.00.